The molecule has 0 unspecified atom stereocenters. The van der Waals surface area contributed by atoms with Crippen molar-refractivity contribution in [1.29, 1.82) is 0 Å². The van der Waals surface area contributed by atoms with Crippen LogP contribution in [0.25, 0.3) is 0 Å². The smallest absolute Gasteiger partial charge is 0.424 e. The minimum absolute atomic E-state index is 0.473. The van der Waals surface area contributed by atoms with E-state index < -0.39 is 43.5 Å². The summed E-state index contributed by atoms with van der Waals surface area (Å²) in [6, 6.07) is 0. The van der Waals surface area contributed by atoms with E-state index in [0.717, 1.165) is 0 Å². The predicted molar refractivity (Wildman–Crippen MR) is 39.1 cm³/mol. The fourth-order valence-corrected chi connectivity index (χ4v) is 1.57. The fraction of sp³-hybridized carbons (Fsp3) is 0.857. The van der Waals surface area contributed by atoms with Crippen LogP contribution in [-0.4, -0.2) is 58.8 Å². The molecule has 2 aliphatic rings. The average molecular weight is 206 g/mol. The Balaban J connectivity index is 2.15. The SMILES string of the molecule is O=C1O[C@H]2[C@H](O)[C@@H](CO)O[C@H](O)[C@H]2O1. The van der Waals surface area contributed by atoms with E-state index in [-0.39, 0.29) is 0 Å². The number of carbonyl (C=O) groups is 1. The Morgan fingerprint density at radius 1 is 1.21 bits per heavy atom. The molecule has 0 amide bonds. The average Bonchev–Trinajstić information content (AvgIpc) is 2.54. The standard InChI is InChI=1S/C7H10O7/c8-1-2-3(9)4-5(6(10)12-2)14-7(11)13-4/h2-6,8-10H,1H2/t2-,3-,4+,5+,6+/m1/s1. The van der Waals surface area contributed by atoms with Gasteiger partial charge in [0.1, 0.15) is 12.2 Å². The fourth-order valence-electron chi connectivity index (χ4n) is 1.57. The van der Waals surface area contributed by atoms with Crippen molar-refractivity contribution < 1.29 is 34.3 Å². The summed E-state index contributed by atoms with van der Waals surface area (Å²) in [6.07, 6.45) is -6.52. The highest BCUT2D eigenvalue weighted by atomic mass is 16.8. The lowest BCUT2D eigenvalue weighted by Gasteiger charge is -2.35. The molecule has 7 heteroatoms. The summed E-state index contributed by atoms with van der Waals surface area (Å²) in [7, 11) is 0. The van der Waals surface area contributed by atoms with E-state index in [0.29, 0.717) is 0 Å². The monoisotopic (exact) mass is 206 g/mol. The highest BCUT2D eigenvalue weighted by molar-refractivity contribution is 5.62. The molecule has 5 atom stereocenters. The van der Waals surface area contributed by atoms with Gasteiger partial charge in [-0.1, -0.05) is 0 Å². The molecule has 80 valence electrons. The van der Waals surface area contributed by atoms with E-state index >= 15 is 0 Å². The lowest BCUT2D eigenvalue weighted by Crippen LogP contribution is -2.57. The van der Waals surface area contributed by atoms with Gasteiger partial charge in [-0.3, -0.25) is 0 Å². The molecule has 0 bridgehead atoms. The zero-order valence-corrected chi connectivity index (χ0v) is 7.07. The van der Waals surface area contributed by atoms with Crippen LogP contribution in [0.2, 0.25) is 0 Å². The minimum atomic E-state index is -1.38. The Morgan fingerprint density at radius 2 is 1.86 bits per heavy atom. The Hall–Kier alpha value is -0.890. The molecule has 2 heterocycles. The maximum Gasteiger partial charge on any atom is 0.509 e. The molecule has 0 saturated carbocycles. The molecule has 14 heavy (non-hydrogen) atoms. The summed E-state index contributed by atoms with van der Waals surface area (Å²) in [5.74, 6) is 0. The Bertz CT molecular complexity index is 242. The first-order valence-corrected chi connectivity index (χ1v) is 4.13. The molecule has 2 saturated heterocycles. The highest BCUT2D eigenvalue weighted by Gasteiger charge is 2.53. The van der Waals surface area contributed by atoms with Gasteiger partial charge >= 0.3 is 6.16 Å². The molecule has 0 radical (unpaired) electrons. The maximum atomic E-state index is 10.7. The molecule has 2 aliphatic heterocycles. The largest absolute Gasteiger partial charge is 0.509 e. The van der Waals surface area contributed by atoms with Crippen LogP contribution < -0.4 is 0 Å². The molecule has 0 spiro atoms. The quantitative estimate of drug-likeness (QED) is 0.424. The second-order valence-electron chi connectivity index (χ2n) is 3.15. The third kappa shape index (κ3) is 1.34. The van der Waals surface area contributed by atoms with Crippen LogP contribution in [0.5, 0.6) is 0 Å². The van der Waals surface area contributed by atoms with Crippen LogP contribution >= 0.6 is 0 Å². The normalized spacial score (nSPS) is 46.8. The van der Waals surface area contributed by atoms with Crippen molar-refractivity contribution in [3.05, 3.63) is 0 Å². The number of aliphatic hydroxyl groups is 3. The number of fused-ring (bicyclic) bond motifs is 1. The number of ether oxygens (including phenoxy) is 3. The first kappa shape index (κ1) is 9.66. The highest BCUT2D eigenvalue weighted by Crippen LogP contribution is 2.29. The van der Waals surface area contributed by atoms with Gasteiger partial charge in [0.25, 0.3) is 0 Å². The number of rotatable bonds is 1. The Kier molecular flexibility index (Phi) is 2.31. The molecule has 2 fully saturated rings. The molecule has 2 rings (SSSR count). The lowest BCUT2D eigenvalue weighted by atomic mass is 10.00. The van der Waals surface area contributed by atoms with Crippen molar-refractivity contribution in [3.63, 3.8) is 0 Å². The van der Waals surface area contributed by atoms with E-state index in [1.165, 1.54) is 0 Å². The van der Waals surface area contributed by atoms with E-state index in [4.69, 9.17) is 9.84 Å². The van der Waals surface area contributed by atoms with Gasteiger partial charge in [0.2, 0.25) is 0 Å². The summed E-state index contributed by atoms with van der Waals surface area (Å²) in [5.41, 5.74) is 0. The van der Waals surface area contributed by atoms with Crippen molar-refractivity contribution in [1.82, 2.24) is 0 Å². The number of aliphatic hydroxyl groups excluding tert-OH is 3. The Labute approximate surface area is 78.8 Å². The lowest BCUT2D eigenvalue weighted by molar-refractivity contribution is -0.261. The number of hydrogen-bond donors (Lipinski definition) is 3. The van der Waals surface area contributed by atoms with Gasteiger partial charge in [-0.05, 0) is 0 Å². The van der Waals surface area contributed by atoms with Crippen LogP contribution in [-0.2, 0) is 14.2 Å². The molecule has 0 aromatic rings. The molecule has 3 N–H and O–H groups in total. The summed E-state index contributed by atoms with van der Waals surface area (Å²) in [6.45, 7) is -0.473. The van der Waals surface area contributed by atoms with E-state index in [1.807, 2.05) is 0 Å². The third-order valence-corrected chi connectivity index (χ3v) is 2.28. The van der Waals surface area contributed by atoms with Gasteiger partial charge in [-0.2, -0.15) is 0 Å². The van der Waals surface area contributed by atoms with E-state index in [2.05, 4.69) is 9.47 Å². The summed E-state index contributed by atoms with van der Waals surface area (Å²) in [4.78, 5) is 10.7. The first-order valence-electron chi connectivity index (χ1n) is 4.13. The van der Waals surface area contributed by atoms with Crippen molar-refractivity contribution in [2.75, 3.05) is 6.61 Å². The van der Waals surface area contributed by atoms with E-state index in [9.17, 15) is 15.0 Å². The zero-order chi connectivity index (χ0) is 10.3. The van der Waals surface area contributed by atoms with Gasteiger partial charge in [-0.15, -0.1) is 0 Å². The molecule has 0 aliphatic carbocycles. The van der Waals surface area contributed by atoms with Gasteiger partial charge in [0.05, 0.1) is 6.61 Å². The van der Waals surface area contributed by atoms with E-state index in [1.54, 1.807) is 0 Å². The van der Waals surface area contributed by atoms with Crippen LogP contribution in [0.3, 0.4) is 0 Å². The van der Waals surface area contributed by atoms with Crippen molar-refractivity contribution in [2.45, 2.75) is 30.7 Å². The predicted octanol–water partition coefficient (Wildman–Crippen LogP) is -2.04. The first-order chi connectivity index (χ1) is 6.63. The third-order valence-electron chi connectivity index (χ3n) is 2.28. The molecular weight excluding hydrogens is 196 g/mol. The molecular formula is C7H10O7. The van der Waals surface area contributed by atoms with Gasteiger partial charge < -0.3 is 29.5 Å². The van der Waals surface area contributed by atoms with Gasteiger partial charge in [0.15, 0.2) is 18.5 Å². The van der Waals surface area contributed by atoms with Gasteiger partial charge in [-0.25, -0.2) is 4.79 Å². The minimum Gasteiger partial charge on any atom is -0.424 e. The molecule has 7 nitrogen and oxygen atoms in total. The topological polar surface area (TPSA) is 105 Å². The number of carbonyl (C=O) groups excluding carboxylic acids is 1. The van der Waals surface area contributed by atoms with Crippen molar-refractivity contribution >= 4 is 6.16 Å². The summed E-state index contributed by atoms with van der Waals surface area (Å²) < 4.78 is 14.0. The van der Waals surface area contributed by atoms with Crippen LogP contribution in [0.1, 0.15) is 0 Å². The second-order valence-corrected chi connectivity index (χ2v) is 3.15. The van der Waals surface area contributed by atoms with Crippen molar-refractivity contribution in [2.24, 2.45) is 0 Å². The van der Waals surface area contributed by atoms with Crippen molar-refractivity contribution in [3.8, 4) is 0 Å². The van der Waals surface area contributed by atoms with Crippen LogP contribution in [0, 0.1) is 0 Å². The Morgan fingerprint density at radius 3 is 2.50 bits per heavy atom. The second kappa shape index (κ2) is 3.35. The molecule has 0 aromatic carbocycles. The van der Waals surface area contributed by atoms with Gasteiger partial charge in [0, 0.05) is 0 Å². The van der Waals surface area contributed by atoms with Crippen LogP contribution in [0.4, 0.5) is 4.79 Å². The maximum absolute atomic E-state index is 10.7. The van der Waals surface area contributed by atoms with Crippen LogP contribution in [0.15, 0.2) is 0 Å². The number of hydrogen-bond acceptors (Lipinski definition) is 7. The zero-order valence-electron chi connectivity index (χ0n) is 7.07. The summed E-state index contributed by atoms with van der Waals surface area (Å²) in [5, 5.41) is 27.6. The summed E-state index contributed by atoms with van der Waals surface area (Å²) >= 11 is 0. The molecule has 0 aromatic heterocycles.